The van der Waals surface area contributed by atoms with E-state index in [9.17, 15) is 4.79 Å². The molecule has 0 bridgehead atoms. The molecule has 0 aliphatic heterocycles. The topological polar surface area (TPSA) is 115 Å². The zero-order valence-electron chi connectivity index (χ0n) is 10.2. The third kappa shape index (κ3) is 3.26. The number of anilines is 1. The summed E-state index contributed by atoms with van der Waals surface area (Å²) in [5.74, 6) is -0.653. The molecule has 0 radical (unpaired) electrons. The van der Waals surface area contributed by atoms with Crippen molar-refractivity contribution in [3.63, 3.8) is 0 Å². The van der Waals surface area contributed by atoms with Crippen molar-refractivity contribution in [2.75, 3.05) is 5.73 Å². The monoisotopic (exact) mass is 258 g/mol. The molecule has 0 saturated heterocycles. The van der Waals surface area contributed by atoms with Gasteiger partial charge in [0.2, 0.25) is 0 Å². The molecule has 1 heterocycles. The Balaban J connectivity index is 2.17. The highest BCUT2D eigenvalue weighted by molar-refractivity contribution is 5.73. The SMILES string of the molecule is Nc1cncc(-c2ccc(CC(N)C(=O)O)cc2)n1. The van der Waals surface area contributed by atoms with Crippen LogP contribution in [0, 0.1) is 0 Å². The molecule has 1 atom stereocenters. The molecule has 1 unspecified atom stereocenters. The van der Waals surface area contributed by atoms with Crippen molar-refractivity contribution in [3.05, 3.63) is 42.2 Å². The van der Waals surface area contributed by atoms with Crippen LogP contribution in [0.1, 0.15) is 5.56 Å². The first-order valence-electron chi connectivity index (χ1n) is 5.71. The molecule has 6 nitrogen and oxygen atoms in total. The maximum absolute atomic E-state index is 10.7. The van der Waals surface area contributed by atoms with Crippen LogP contribution in [0.15, 0.2) is 36.7 Å². The normalized spacial score (nSPS) is 12.1. The number of carboxylic acids is 1. The first-order chi connectivity index (χ1) is 9.06. The third-order valence-corrected chi connectivity index (χ3v) is 2.68. The van der Waals surface area contributed by atoms with Gasteiger partial charge in [-0.3, -0.25) is 9.78 Å². The van der Waals surface area contributed by atoms with Crippen LogP contribution >= 0.6 is 0 Å². The Morgan fingerprint density at radius 2 is 1.95 bits per heavy atom. The van der Waals surface area contributed by atoms with Crippen LogP contribution in [0.5, 0.6) is 0 Å². The summed E-state index contributed by atoms with van der Waals surface area (Å²) in [5, 5.41) is 8.75. The quantitative estimate of drug-likeness (QED) is 0.742. The van der Waals surface area contributed by atoms with Gasteiger partial charge in [-0.1, -0.05) is 24.3 Å². The molecule has 0 fully saturated rings. The Morgan fingerprint density at radius 3 is 2.53 bits per heavy atom. The van der Waals surface area contributed by atoms with Crippen LogP contribution in [-0.2, 0) is 11.2 Å². The molecule has 2 rings (SSSR count). The molecular weight excluding hydrogens is 244 g/mol. The summed E-state index contributed by atoms with van der Waals surface area (Å²) in [6.07, 6.45) is 3.39. The van der Waals surface area contributed by atoms with Gasteiger partial charge in [0.15, 0.2) is 0 Å². The van der Waals surface area contributed by atoms with E-state index in [1.165, 1.54) is 6.20 Å². The van der Waals surface area contributed by atoms with Crippen LogP contribution in [0.2, 0.25) is 0 Å². The van der Waals surface area contributed by atoms with Gasteiger partial charge >= 0.3 is 5.97 Å². The molecule has 0 aliphatic rings. The number of carboxylic acid groups (broad SMARTS) is 1. The van der Waals surface area contributed by atoms with Crippen molar-refractivity contribution < 1.29 is 9.90 Å². The van der Waals surface area contributed by atoms with Gasteiger partial charge in [0.1, 0.15) is 11.9 Å². The summed E-state index contributed by atoms with van der Waals surface area (Å²) in [7, 11) is 0. The molecule has 1 aromatic heterocycles. The fourth-order valence-corrected chi connectivity index (χ4v) is 1.67. The number of carbonyl (C=O) groups is 1. The van der Waals surface area contributed by atoms with E-state index in [-0.39, 0.29) is 6.42 Å². The number of nitrogens with zero attached hydrogens (tertiary/aromatic N) is 2. The van der Waals surface area contributed by atoms with Crippen LogP contribution in [-0.4, -0.2) is 27.1 Å². The summed E-state index contributed by atoms with van der Waals surface area (Å²) in [6.45, 7) is 0. The molecule has 0 spiro atoms. The fraction of sp³-hybridized carbons (Fsp3) is 0.154. The van der Waals surface area contributed by atoms with Gasteiger partial charge in [-0.2, -0.15) is 0 Å². The fourth-order valence-electron chi connectivity index (χ4n) is 1.67. The lowest BCUT2D eigenvalue weighted by molar-refractivity contribution is -0.138. The van der Waals surface area contributed by atoms with E-state index in [4.69, 9.17) is 16.6 Å². The van der Waals surface area contributed by atoms with E-state index in [2.05, 4.69) is 9.97 Å². The van der Waals surface area contributed by atoms with Crippen molar-refractivity contribution >= 4 is 11.8 Å². The Labute approximate surface area is 110 Å². The number of hydrogen-bond acceptors (Lipinski definition) is 5. The minimum Gasteiger partial charge on any atom is -0.480 e. The number of aliphatic carboxylic acids is 1. The number of rotatable bonds is 4. The molecular formula is C13H14N4O2. The first-order valence-corrected chi connectivity index (χ1v) is 5.71. The first kappa shape index (κ1) is 13.0. The smallest absolute Gasteiger partial charge is 0.320 e. The van der Waals surface area contributed by atoms with Crippen LogP contribution in [0.3, 0.4) is 0 Å². The minimum absolute atomic E-state index is 0.290. The van der Waals surface area contributed by atoms with Gasteiger partial charge in [-0.25, -0.2) is 4.98 Å². The van der Waals surface area contributed by atoms with E-state index in [0.29, 0.717) is 11.5 Å². The van der Waals surface area contributed by atoms with E-state index < -0.39 is 12.0 Å². The molecule has 1 aromatic carbocycles. The molecule has 19 heavy (non-hydrogen) atoms. The van der Waals surface area contributed by atoms with Gasteiger partial charge in [-0.15, -0.1) is 0 Å². The zero-order chi connectivity index (χ0) is 13.8. The number of benzene rings is 1. The average Bonchev–Trinajstić information content (AvgIpc) is 2.39. The highest BCUT2D eigenvalue weighted by atomic mass is 16.4. The Bertz CT molecular complexity index is 583. The average molecular weight is 258 g/mol. The van der Waals surface area contributed by atoms with Gasteiger partial charge in [0, 0.05) is 5.56 Å². The maximum atomic E-state index is 10.7. The summed E-state index contributed by atoms with van der Waals surface area (Å²) in [6, 6.07) is 6.44. The van der Waals surface area contributed by atoms with E-state index in [0.717, 1.165) is 11.1 Å². The van der Waals surface area contributed by atoms with E-state index in [1.807, 2.05) is 24.3 Å². The zero-order valence-corrected chi connectivity index (χ0v) is 10.2. The number of nitrogen functional groups attached to an aromatic ring is 1. The van der Waals surface area contributed by atoms with Crippen LogP contribution in [0.25, 0.3) is 11.3 Å². The van der Waals surface area contributed by atoms with Crippen molar-refractivity contribution in [1.82, 2.24) is 9.97 Å². The third-order valence-electron chi connectivity index (χ3n) is 2.68. The Morgan fingerprint density at radius 1 is 1.26 bits per heavy atom. The number of hydrogen-bond donors (Lipinski definition) is 3. The number of nitrogens with two attached hydrogens (primary N) is 2. The largest absolute Gasteiger partial charge is 0.480 e. The second-order valence-corrected chi connectivity index (χ2v) is 4.17. The Kier molecular flexibility index (Phi) is 3.72. The lowest BCUT2D eigenvalue weighted by Gasteiger charge is -2.07. The van der Waals surface area contributed by atoms with E-state index >= 15 is 0 Å². The summed E-state index contributed by atoms with van der Waals surface area (Å²) >= 11 is 0. The summed E-state index contributed by atoms with van der Waals surface area (Å²) in [4.78, 5) is 18.8. The maximum Gasteiger partial charge on any atom is 0.320 e. The van der Waals surface area contributed by atoms with Crippen molar-refractivity contribution in [2.24, 2.45) is 5.73 Å². The lowest BCUT2D eigenvalue weighted by Crippen LogP contribution is -2.32. The minimum atomic E-state index is -1.01. The Hall–Kier alpha value is -2.47. The molecule has 0 aliphatic carbocycles. The highest BCUT2D eigenvalue weighted by Gasteiger charge is 2.12. The molecule has 0 saturated carbocycles. The second-order valence-electron chi connectivity index (χ2n) is 4.17. The van der Waals surface area contributed by atoms with Crippen molar-refractivity contribution in [1.29, 1.82) is 0 Å². The predicted molar refractivity (Wildman–Crippen MR) is 71.2 cm³/mol. The van der Waals surface area contributed by atoms with Crippen LogP contribution < -0.4 is 11.5 Å². The molecule has 6 heteroatoms. The predicted octanol–water partition coefficient (Wildman–Crippen LogP) is 0.680. The second kappa shape index (κ2) is 5.45. The molecule has 0 amide bonds. The standard InChI is InChI=1S/C13H14N4O2/c14-10(13(18)19)5-8-1-3-9(4-2-8)11-6-16-7-12(15)17-11/h1-4,6-7,10H,5,14H2,(H2,15,17)(H,18,19). The van der Waals surface area contributed by atoms with Gasteiger partial charge in [0.25, 0.3) is 0 Å². The van der Waals surface area contributed by atoms with E-state index in [1.54, 1.807) is 6.20 Å². The van der Waals surface area contributed by atoms with Crippen molar-refractivity contribution in [2.45, 2.75) is 12.5 Å². The van der Waals surface area contributed by atoms with Gasteiger partial charge in [-0.05, 0) is 12.0 Å². The highest BCUT2D eigenvalue weighted by Crippen LogP contribution is 2.18. The van der Waals surface area contributed by atoms with Gasteiger partial charge in [0.05, 0.1) is 18.1 Å². The van der Waals surface area contributed by atoms with Gasteiger partial charge < -0.3 is 16.6 Å². The molecule has 5 N–H and O–H groups in total. The lowest BCUT2D eigenvalue weighted by atomic mass is 10.0. The summed E-state index contributed by atoms with van der Waals surface area (Å²) in [5.41, 5.74) is 13.4. The molecule has 2 aromatic rings. The number of aromatic nitrogens is 2. The molecule has 98 valence electrons. The van der Waals surface area contributed by atoms with Crippen LogP contribution in [0.4, 0.5) is 5.82 Å². The van der Waals surface area contributed by atoms with Crippen molar-refractivity contribution in [3.8, 4) is 11.3 Å². The summed E-state index contributed by atoms with van der Waals surface area (Å²) < 4.78 is 0.